The van der Waals surface area contributed by atoms with E-state index in [9.17, 15) is 9.59 Å². The zero-order valence-electron chi connectivity index (χ0n) is 8.34. The highest BCUT2D eigenvalue weighted by Crippen LogP contribution is 2.13. The fourth-order valence-corrected chi connectivity index (χ4v) is 1.09. The molecule has 0 saturated carbocycles. The van der Waals surface area contributed by atoms with Gasteiger partial charge in [0.2, 0.25) is 0 Å². The monoisotopic (exact) mass is 208 g/mol. The van der Waals surface area contributed by atoms with Gasteiger partial charge in [-0.05, 0) is 31.2 Å². The first kappa shape index (κ1) is 11.4. The number of aldehydes is 1. The standard InChI is InChI=1S/C11H12O4/c1-8(13)11(14)9-2-4-10(5-3-9)15-7-6-12/h2-6,8,13H,7H2,1H3. The number of ketones is 1. The van der Waals surface area contributed by atoms with Crippen LogP contribution in [0.15, 0.2) is 24.3 Å². The third-order valence-corrected chi connectivity index (χ3v) is 1.84. The van der Waals surface area contributed by atoms with Crippen LogP contribution in [0.4, 0.5) is 0 Å². The number of rotatable bonds is 5. The zero-order chi connectivity index (χ0) is 11.3. The van der Waals surface area contributed by atoms with Crippen LogP contribution >= 0.6 is 0 Å². The summed E-state index contributed by atoms with van der Waals surface area (Å²) in [5, 5.41) is 9.06. The first-order valence-electron chi connectivity index (χ1n) is 4.54. The van der Waals surface area contributed by atoms with Crippen LogP contribution in [0.1, 0.15) is 17.3 Å². The van der Waals surface area contributed by atoms with Gasteiger partial charge in [0.1, 0.15) is 18.5 Å². The van der Waals surface area contributed by atoms with E-state index in [0.717, 1.165) is 0 Å². The summed E-state index contributed by atoms with van der Waals surface area (Å²) in [6.07, 6.45) is -0.360. The average Bonchev–Trinajstić information content (AvgIpc) is 2.26. The second kappa shape index (κ2) is 5.26. The minimum absolute atomic E-state index is 0.0102. The van der Waals surface area contributed by atoms with Gasteiger partial charge in [-0.3, -0.25) is 9.59 Å². The molecular weight excluding hydrogens is 196 g/mol. The Balaban J connectivity index is 2.71. The molecule has 1 aromatic carbocycles. The third kappa shape index (κ3) is 3.18. The Morgan fingerprint density at radius 2 is 2.07 bits per heavy atom. The Labute approximate surface area is 87.5 Å². The average molecular weight is 208 g/mol. The maximum absolute atomic E-state index is 11.3. The molecule has 0 heterocycles. The fourth-order valence-electron chi connectivity index (χ4n) is 1.09. The van der Waals surface area contributed by atoms with Gasteiger partial charge < -0.3 is 9.84 Å². The molecule has 0 saturated heterocycles. The SMILES string of the molecule is CC(O)C(=O)c1ccc(OCC=O)cc1. The van der Waals surface area contributed by atoms with Crippen molar-refractivity contribution < 1.29 is 19.4 Å². The highest BCUT2D eigenvalue weighted by Gasteiger charge is 2.11. The van der Waals surface area contributed by atoms with Crippen molar-refractivity contribution in [3.63, 3.8) is 0 Å². The molecule has 15 heavy (non-hydrogen) atoms. The highest BCUT2D eigenvalue weighted by atomic mass is 16.5. The molecule has 0 aliphatic carbocycles. The molecule has 1 aromatic rings. The Morgan fingerprint density at radius 1 is 1.47 bits per heavy atom. The van der Waals surface area contributed by atoms with Crippen LogP contribution in [0.2, 0.25) is 0 Å². The van der Waals surface area contributed by atoms with Gasteiger partial charge in [0.15, 0.2) is 12.1 Å². The van der Waals surface area contributed by atoms with Gasteiger partial charge in [-0.2, -0.15) is 0 Å². The van der Waals surface area contributed by atoms with Crippen LogP contribution in [0, 0.1) is 0 Å². The summed E-state index contributed by atoms with van der Waals surface area (Å²) in [6, 6.07) is 6.27. The number of hydrogen-bond acceptors (Lipinski definition) is 4. The summed E-state index contributed by atoms with van der Waals surface area (Å²) in [7, 11) is 0. The van der Waals surface area contributed by atoms with Gasteiger partial charge in [0.25, 0.3) is 0 Å². The molecule has 0 aliphatic rings. The molecule has 1 rings (SSSR count). The number of benzene rings is 1. The number of aliphatic hydroxyl groups excluding tert-OH is 1. The van der Waals surface area contributed by atoms with Gasteiger partial charge in [0.05, 0.1) is 0 Å². The van der Waals surface area contributed by atoms with Gasteiger partial charge in [-0.1, -0.05) is 0 Å². The Hall–Kier alpha value is -1.68. The molecule has 1 atom stereocenters. The molecule has 80 valence electrons. The van der Waals surface area contributed by atoms with Crippen molar-refractivity contribution in [2.75, 3.05) is 6.61 Å². The lowest BCUT2D eigenvalue weighted by molar-refractivity contribution is -0.109. The van der Waals surface area contributed by atoms with E-state index in [1.807, 2.05) is 0 Å². The second-order valence-corrected chi connectivity index (χ2v) is 3.04. The normalized spacial score (nSPS) is 11.9. The number of ether oxygens (including phenoxy) is 1. The van der Waals surface area contributed by atoms with Crippen molar-refractivity contribution in [2.24, 2.45) is 0 Å². The predicted octanol–water partition coefficient (Wildman–Crippen LogP) is 0.828. The van der Waals surface area contributed by atoms with Crippen LogP contribution in [-0.4, -0.2) is 29.9 Å². The van der Waals surface area contributed by atoms with Crippen molar-refractivity contribution in [3.8, 4) is 5.75 Å². The first-order valence-corrected chi connectivity index (χ1v) is 4.54. The lowest BCUT2D eigenvalue weighted by atomic mass is 10.1. The van der Waals surface area contributed by atoms with Gasteiger partial charge in [-0.25, -0.2) is 0 Å². The number of aliphatic hydroxyl groups is 1. The molecule has 0 radical (unpaired) electrons. The first-order chi connectivity index (χ1) is 7.15. The third-order valence-electron chi connectivity index (χ3n) is 1.84. The Bertz CT molecular complexity index is 340. The topological polar surface area (TPSA) is 63.6 Å². The Kier molecular flexibility index (Phi) is 4.00. The van der Waals surface area contributed by atoms with E-state index in [1.54, 1.807) is 24.3 Å². The van der Waals surface area contributed by atoms with E-state index in [-0.39, 0.29) is 12.4 Å². The summed E-state index contributed by atoms with van der Waals surface area (Å²) >= 11 is 0. The molecule has 4 heteroatoms. The maximum atomic E-state index is 11.3. The molecule has 0 spiro atoms. The summed E-state index contributed by atoms with van der Waals surface area (Å²) in [5.74, 6) is 0.182. The molecule has 0 bridgehead atoms. The van der Waals surface area contributed by atoms with Crippen LogP contribution in [-0.2, 0) is 4.79 Å². The molecular formula is C11H12O4. The van der Waals surface area contributed by atoms with E-state index in [4.69, 9.17) is 9.84 Å². The lowest BCUT2D eigenvalue weighted by Gasteiger charge is -2.05. The van der Waals surface area contributed by atoms with Crippen LogP contribution in [0.3, 0.4) is 0 Å². The van der Waals surface area contributed by atoms with Crippen molar-refractivity contribution in [3.05, 3.63) is 29.8 Å². The number of carbonyl (C=O) groups excluding carboxylic acids is 2. The molecule has 1 unspecified atom stereocenters. The predicted molar refractivity (Wildman–Crippen MR) is 54.0 cm³/mol. The van der Waals surface area contributed by atoms with E-state index < -0.39 is 6.10 Å². The second-order valence-electron chi connectivity index (χ2n) is 3.04. The van der Waals surface area contributed by atoms with Gasteiger partial charge >= 0.3 is 0 Å². The van der Waals surface area contributed by atoms with Gasteiger partial charge in [0, 0.05) is 5.56 Å². The molecule has 1 N–H and O–H groups in total. The quantitative estimate of drug-likeness (QED) is 0.575. The lowest BCUT2D eigenvalue weighted by Crippen LogP contribution is -2.15. The number of carbonyl (C=O) groups is 2. The maximum Gasteiger partial charge on any atom is 0.190 e. The summed E-state index contributed by atoms with van der Waals surface area (Å²) in [6.45, 7) is 1.41. The van der Waals surface area contributed by atoms with Crippen LogP contribution in [0.25, 0.3) is 0 Å². The molecule has 0 aromatic heterocycles. The van der Waals surface area contributed by atoms with Crippen LogP contribution < -0.4 is 4.74 Å². The minimum atomic E-state index is -1.01. The summed E-state index contributed by atoms with van der Waals surface area (Å²) < 4.78 is 5.01. The molecule has 4 nitrogen and oxygen atoms in total. The van der Waals surface area contributed by atoms with Crippen molar-refractivity contribution >= 4 is 12.1 Å². The highest BCUT2D eigenvalue weighted by molar-refractivity contribution is 5.99. The summed E-state index contributed by atoms with van der Waals surface area (Å²) in [4.78, 5) is 21.4. The number of Topliss-reactive ketones (excluding diaryl/α,β-unsaturated/α-hetero) is 1. The largest absolute Gasteiger partial charge is 0.486 e. The van der Waals surface area contributed by atoms with Gasteiger partial charge in [-0.15, -0.1) is 0 Å². The van der Waals surface area contributed by atoms with E-state index >= 15 is 0 Å². The smallest absolute Gasteiger partial charge is 0.190 e. The number of hydrogen-bond donors (Lipinski definition) is 1. The summed E-state index contributed by atoms with van der Waals surface area (Å²) in [5.41, 5.74) is 0.420. The van der Waals surface area contributed by atoms with Crippen LogP contribution in [0.5, 0.6) is 5.75 Å². The van der Waals surface area contributed by atoms with E-state index in [2.05, 4.69) is 0 Å². The van der Waals surface area contributed by atoms with E-state index in [1.165, 1.54) is 6.92 Å². The fraction of sp³-hybridized carbons (Fsp3) is 0.273. The Morgan fingerprint density at radius 3 is 2.53 bits per heavy atom. The van der Waals surface area contributed by atoms with Crippen molar-refractivity contribution in [1.29, 1.82) is 0 Å². The van der Waals surface area contributed by atoms with Crippen molar-refractivity contribution in [2.45, 2.75) is 13.0 Å². The zero-order valence-corrected chi connectivity index (χ0v) is 8.34. The molecule has 0 amide bonds. The van der Waals surface area contributed by atoms with Crippen molar-refractivity contribution in [1.82, 2.24) is 0 Å². The minimum Gasteiger partial charge on any atom is -0.486 e. The molecule has 0 fully saturated rings. The molecule has 0 aliphatic heterocycles. The van der Waals surface area contributed by atoms with E-state index in [0.29, 0.717) is 17.6 Å².